The molecule has 0 aromatic carbocycles. The first-order chi connectivity index (χ1) is 12.2. The molecule has 0 amide bonds. The van der Waals surface area contributed by atoms with E-state index in [4.69, 9.17) is 9.47 Å². The second-order valence-corrected chi connectivity index (χ2v) is 7.15. The predicted molar refractivity (Wildman–Crippen MR) is 121 cm³/mol. The standard InChI is InChI=1S/C19H40N4O2.HI/c1-20-19(21-11-7-5-4-6-8-13-23(2)3)22-12-9-14-24-16-18-10-15-25-17-18;/h18H,4-17H2,1-3H3,(H2,20,21,22);1H. The van der Waals surface area contributed by atoms with E-state index >= 15 is 0 Å². The van der Waals surface area contributed by atoms with Crippen LogP contribution in [-0.4, -0.2) is 78.1 Å². The molecular weight excluding hydrogens is 443 g/mol. The predicted octanol–water partition coefficient (Wildman–Crippen LogP) is 2.72. The molecule has 1 unspecified atom stereocenters. The highest BCUT2D eigenvalue weighted by molar-refractivity contribution is 14.0. The maximum absolute atomic E-state index is 5.71. The minimum absolute atomic E-state index is 0. The van der Waals surface area contributed by atoms with Gasteiger partial charge in [-0.15, -0.1) is 24.0 Å². The molecule has 1 heterocycles. The lowest BCUT2D eigenvalue weighted by atomic mass is 10.1. The van der Waals surface area contributed by atoms with Crippen molar-refractivity contribution in [3.8, 4) is 0 Å². The summed E-state index contributed by atoms with van der Waals surface area (Å²) in [7, 11) is 6.10. The van der Waals surface area contributed by atoms with Gasteiger partial charge in [0.05, 0.1) is 13.2 Å². The average molecular weight is 484 g/mol. The van der Waals surface area contributed by atoms with E-state index in [0.717, 1.165) is 58.3 Å². The van der Waals surface area contributed by atoms with Crippen molar-refractivity contribution in [3.05, 3.63) is 0 Å². The van der Waals surface area contributed by atoms with Crippen molar-refractivity contribution in [2.45, 2.75) is 44.9 Å². The van der Waals surface area contributed by atoms with Crippen molar-refractivity contribution in [1.82, 2.24) is 15.5 Å². The molecule has 6 nitrogen and oxygen atoms in total. The summed E-state index contributed by atoms with van der Waals surface area (Å²) in [5.74, 6) is 1.50. The zero-order chi connectivity index (χ0) is 18.2. The quantitative estimate of drug-likeness (QED) is 0.172. The van der Waals surface area contributed by atoms with Crippen LogP contribution in [0, 0.1) is 5.92 Å². The Hall–Kier alpha value is -0.120. The fourth-order valence-electron chi connectivity index (χ4n) is 2.86. The Bertz CT molecular complexity index is 338. The van der Waals surface area contributed by atoms with Gasteiger partial charge in [0.15, 0.2) is 5.96 Å². The van der Waals surface area contributed by atoms with Crippen LogP contribution in [0.3, 0.4) is 0 Å². The number of rotatable bonds is 14. The Kier molecular flexibility index (Phi) is 18.2. The van der Waals surface area contributed by atoms with Gasteiger partial charge in [-0.05, 0) is 46.3 Å². The van der Waals surface area contributed by atoms with E-state index in [1.165, 1.54) is 38.6 Å². The van der Waals surface area contributed by atoms with Gasteiger partial charge in [-0.1, -0.05) is 19.3 Å². The van der Waals surface area contributed by atoms with Gasteiger partial charge < -0.3 is 25.0 Å². The first-order valence-electron chi connectivity index (χ1n) is 9.97. The van der Waals surface area contributed by atoms with Gasteiger partial charge in [0, 0.05) is 39.3 Å². The third-order valence-electron chi connectivity index (χ3n) is 4.43. The summed E-state index contributed by atoms with van der Waals surface area (Å²) in [6.07, 6.45) is 8.60. The topological polar surface area (TPSA) is 58.1 Å². The van der Waals surface area contributed by atoms with Crippen molar-refractivity contribution in [3.63, 3.8) is 0 Å². The molecule has 0 saturated carbocycles. The fraction of sp³-hybridized carbons (Fsp3) is 0.947. The first-order valence-corrected chi connectivity index (χ1v) is 9.97. The van der Waals surface area contributed by atoms with Gasteiger partial charge in [-0.2, -0.15) is 0 Å². The molecule has 1 saturated heterocycles. The SMILES string of the molecule is CN=C(NCCCCCCCN(C)C)NCCCOCC1CCOC1.I. The zero-order valence-corrected chi connectivity index (χ0v) is 19.4. The van der Waals surface area contributed by atoms with Crippen LogP contribution in [0.5, 0.6) is 0 Å². The van der Waals surface area contributed by atoms with Crippen LogP contribution in [0.4, 0.5) is 0 Å². The lowest BCUT2D eigenvalue weighted by molar-refractivity contribution is 0.0888. The third kappa shape index (κ3) is 15.0. The average Bonchev–Trinajstić information content (AvgIpc) is 3.11. The van der Waals surface area contributed by atoms with Crippen LogP contribution in [0.15, 0.2) is 4.99 Å². The van der Waals surface area contributed by atoms with E-state index in [0.29, 0.717) is 5.92 Å². The maximum atomic E-state index is 5.71. The molecule has 0 aliphatic carbocycles. The molecule has 26 heavy (non-hydrogen) atoms. The maximum Gasteiger partial charge on any atom is 0.190 e. The number of guanidine groups is 1. The smallest absolute Gasteiger partial charge is 0.190 e. The largest absolute Gasteiger partial charge is 0.381 e. The van der Waals surface area contributed by atoms with E-state index < -0.39 is 0 Å². The molecule has 0 aromatic heterocycles. The molecule has 0 aromatic rings. The van der Waals surface area contributed by atoms with Crippen molar-refractivity contribution < 1.29 is 9.47 Å². The molecule has 2 N–H and O–H groups in total. The summed E-state index contributed by atoms with van der Waals surface area (Å²) in [6, 6.07) is 0. The number of nitrogens with one attached hydrogen (secondary N) is 2. The van der Waals surface area contributed by atoms with Crippen LogP contribution >= 0.6 is 24.0 Å². The second kappa shape index (κ2) is 18.3. The van der Waals surface area contributed by atoms with Gasteiger partial charge in [-0.25, -0.2) is 0 Å². The summed E-state index contributed by atoms with van der Waals surface area (Å²) in [4.78, 5) is 6.52. The molecule has 0 bridgehead atoms. The number of nitrogens with zero attached hydrogens (tertiary/aromatic N) is 2. The van der Waals surface area contributed by atoms with Crippen LogP contribution in [0.25, 0.3) is 0 Å². The second-order valence-electron chi connectivity index (χ2n) is 7.15. The Morgan fingerprint density at radius 2 is 1.77 bits per heavy atom. The van der Waals surface area contributed by atoms with E-state index in [2.05, 4.69) is 34.6 Å². The van der Waals surface area contributed by atoms with E-state index in [-0.39, 0.29) is 24.0 Å². The highest BCUT2D eigenvalue weighted by atomic mass is 127. The Morgan fingerprint density at radius 1 is 1.08 bits per heavy atom. The molecule has 1 fully saturated rings. The van der Waals surface area contributed by atoms with Crippen molar-refractivity contribution in [2.75, 3.05) is 67.2 Å². The van der Waals surface area contributed by atoms with Gasteiger partial charge in [0.25, 0.3) is 0 Å². The number of aliphatic imine (C=N–C) groups is 1. The molecule has 156 valence electrons. The van der Waals surface area contributed by atoms with Crippen LogP contribution in [-0.2, 0) is 9.47 Å². The third-order valence-corrected chi connectivity index (χ3v) is 4.43. The van der Waals surface area contributed by atoms with E-state index in [1.54, 1.807) is 0 Å². The molecule has 0 radical (unpaired) electrons. The monoisotopic (exact) mass is 484 g/mol. The lowest BCUT2D eigenvalue weighted by Crippen LogP contribution is -2.38. The highest BCUT2D eigenvalue weighted by Crippen LogP contribution is 2.12. The van der Waals surface area contributed by atoms with Gasteiger partial charge in [0.2, 0.25) is 0 Å². The molecule has 1 aliphatic rings. The Labute approximate surface area is 177 Å². The molecule has 1 rings (SSSR count). The number of unbranched alkanes of at least 4 members (excludes halogenated alkanes) is 4. The normalized spacial score (nSPS) is 17.4. The fourth-order valence-corrected chi connectivity index (χ4v) is 2.86. The highest BCUT2D eigenvalue weighted by Gasteiger charge is 2.15. The van der Waals surface area contributed by atoms with Crippen molar-refractivity contribution in [1.29, 1.82) is 0 Å². The van der Waals surface area contributed by atoms with Crippen molar-refractivity contribution >= 4 is 29.9 Å². The summed E-state index contributed by atoms with van der Waals surface area (Å²) < 4.78 is 11.1. The van der Waals surface area contributed by atoms with E-state index in [9.17, 15) is 0 Å². The molecule has 7 heteroatoms. The van der Waals surface area contributed by atoms with Gasteiger partial charge in [-0.3, -0.25) is 4.99 Å². The first kappa shape index (κ1) is 25.9. The van der Waals surface area contributed by atoms with E-state index in [1.807, 2.05) is 7.05 Å². The molecule has 1 atom stereocenters. The number of hydrogen-bond donors (Lipinski definition) is 2. The zero-order valence-electron chi connectivity index (χ0n) is 17.1. The Balaban J connectivity index is 0.00000625. The molecular formula is C19H41IN4O2. The summed E-state index contributed by atoms with van der Waals surface area (Å²) in [5.41, 5.74) is 0. The number of hydrogen-bond acceptors (Lipinski definition) is 4. The summed E-state index contributed by atoms with van der Waals surface area (Å²) in [6.45, 7) is 6.48. The van der Waals surface area contributed by atoms with Crippen LogP contribution < -0.4 is 10.6 Å². The number of ether oxygens (including phenoxy) is 2. The summed E-state index contributed by atoms with van der Waals surface area (Å²) >= 11 is 0. The minimum atomic E-state index is 0. The Morgan fingerprint density at radius 3 is 2.42 bits per heavy atom. The summed E-state index contributed by atoms with van der Waals surface area (Å²) in [5, 5.41) is 6.74. The minimum Gasteiger partial charge on any atom is -0.381 e. The van der Waals surface area contributed by atoms with Crippen molar-refractivity contribution in [2.24, 2.45) is 10.9 Å². The molecule has 0 spiro atoms. The molecule has 1 aliphatic heterocycles. The number of halogens is 1. The van der Waals surface area contributed by atoms with Gasteiger partial charge in [0.1, 0.15) is 0 Å². The lowest BCUT2D eigenvalue weighted by Gasteiger charge is -2.13. The van der Waals surface area contributed by atoms with Crippen LogP contribution in [0.2, 0.25) is 0 Å². The van der Waals surface area contributed by atoms with Crippen LogP contribution in [0.1, 0.15) is 44.9 Å². The van der Waals surface area contributed by atoms with Gasteiger partial charge >= 0.3 is 0 Å².